The number of hydrogen-bond donors (Lipinski definition) is 0. The third-order valence-electron chi connectivity index (χ3n) is 13.1. The predicted octanol–water partition coefficient (Wildman–Crippen LogP) is 16.2. The van der Waals surface area contributed by atoms with Crippen LogP contribution in [0, 0.1) is 0 Å². The predicted molar refractivity (Wildman–Crippen MR) is 276 cm³/mol. The molecule has 68 heavy (non-hydrogen) atoms. The van der Waals surface area contributed by atoms with E-state index in [1.807, 2.05) is 48.5 Å². The third kappa shape index (κ3) is 7.07. The van der Waals surface area contributed by atoms with Crippen LogP contribution in [-0.4, -0.2) is 19.9 Å². The monoisotopic (exact) mass is 872 g/mol. The fourth-order valence-electron chi connectivity index (χ4n) is 9.69. The van der Waals surface area contributed by atoms with Crippen molar-refractivity contribution in [3.63, 3.8) is 0 Å². The summed E-state index contributed by atoms with van der Waals surface area (Å²) in [5.41, 5.74) is 16.2. The number of allylic oxidation sites excluding steroid dienone is 4. The number of hydrogen-bond acceptors (Lipinski definition) is 6. The minimum atomic E-state index is -0.0249. The number of para-hydroxylation sites is 2. The van der Waals surface area contributed by atoms with E-state index in [9.17, 15) is 0 Å². The molecular weight excluding hydrogens is 833 g/mol. The van der Waals surface area contributed by atoms with Crippen molar-refractivity contribution in [3.8, 4) is 67.5 Å². The maximum Gasteiger partial charge on any atom is 0.160 e. The molecule has 0 aliphatic heterocycles. The molecule has 8 aromatic carbocycles. The van der Waals surface area contributed by atoms with E-state index in [-0.39, 0.29) is 5.92 Å². The lowest BCUT2D eigenvalue weighted by Gasteiger charge is -2.19. The molecule has 6 nitrogen and oxygen atoms in total. The summed E-state index contributed by atoms with van der Waals surface area (Å²) >= 11 is 0. The highest BCUT2D eigenvalue weighted by Crippen LogP contribution is 2.43. The molecule has 0 amide bonds. The van der Waals surface area contributed by atoms with Gasteiger partial charge in [-0.25, -0.2) is 19.9 Å². The van der Waals surface area contributed by atoms with Crippen LogP contribution < -0.4 is 0 Å². The van der Waals surface area contributed by atoms with Crippen molar-refractivity contribution in [2.24, 2.45) is 0 Å². The Kier molecular flexibility index (Phi) is 9.53. The standard InChI is InChI=1S/C62H40N4O2/c1-5-17-39(18-6-1)53-36-54(40-19-7-2-8-20-40)64-61(63-53)45-27-13-25-43(33-45)47-29-15-31-49-51-35-52-50-32-16-30-48(60(50)68-58(52)38-57(51)67-59(47)49)44-26-14-28-46(34-44)62-65-55(41-21-9-3-10-22-41)37-56(66-62)42-23-11-4-12-24-42/h1-33,35-38,46H,34H2. The van der Waals surface area contributed by atoms with E-state index in [4.69, 9.17) is 28.8 Å². The summed E-state index contributed by atoms with van der Waals surface area (Å²) in [7, 11) is 0. The Bertz CT molecular complexity index is 3810. The summed E-state index contributed by atoms with van der Waals surface area (Å²) in [6.07, 6.45) is 7.27. The van der Waals surface area contributed by atoms with Crippen LogP contribution >= 0.6 is 0 Å². The van der Waals surface area contributed by atoms with Crippen molar-refractivity contribution < 1.29 is 8.83 Å². The summed E-state index contributed by atoms with van der Waals surface area (Å²) in [6, 6.07) is 70.9. The Balaban J connectivity index is 0.856. The van der Waals surface area contributed by atoms with Gasteiger partial charge in [0.15, 0.2) is 5.82 Å². The topological polar surface area (TPSA) is 77.8 Å². The van der Waals surface area contributed by atoms with Crippen LogP contribution in [-0.2, 0) is 0 Å². The molecule has 1 unspecified atom stereocenters. The zero-order valence-electron chi connectivity index (χ0n) is 36.8. The number of nitrogens with zero attached hydrogens (tertiary/aromatic N) is 4. The first kappa shape index (κ1) is 39.4. The van der Waals surface area contributed by atoms with Crippen LogP contribution in [0.4, 0.5) is 0 Å². The molecule has 4 aromatic heterocycles. The van der Waals surface area contributed by atoms with E-state index < -0.39 is 0 Å². The van der Waals surface area contributed by atoms with Gasteiger partial charge in [-0.15, -0.1) is 0 Å². The average molecular weight is 873 g/mol. The van der Waals surface area contributed by atoms with Crippen LogP contribution in [0.25, 0.3) is 117 Å². The summed E-state index contributed by atoms with van der Waals surface area (Å²) in [5, 5.41) is 4.18. The first-order chi connectivity index (χ1) is 33.7. The molecule has 4 heterocycles. The molecule has 0 N–H and O–H groups in total. The number of rotatable bonds is 8. The van der Waals surface area contributed by atoms with Crippen molar-refractivity contribution in [2.45, 2.75) is 12.3 Å². The second-order valence-electron chi connectivity index (χ2n) is 17.3. The zero-order chi connectivity index (χ0) is 45.0. The van der Waals surface area contributed by atoms with Gasteiger partial charge in [0.1, 0.15) is 28.2 Å². The van der Waals surface area contributed by atoms with Gasteiger partial charge in [-0.2, -0.15) is 0 Å². The highest BCUT2D eigenvalue weighted by molar-refractivity contribution is 6.17. The Morgan fingerprint density at radius 2 is 0.824 bits per heavy atom. The van der Waals surface area contributed by atoms with E-state index in [1.165, 1.54) is 5.57 Å². The van der Waals surface area contributed by atoms with Gasteiger partial charge in [0.05, 0.1) is 22.8 Å². The largest absolute Gasteiger partial charge is 0.455 e. The Hall–Kier alpha value is -9.00. The van der Waals surface area contributed by atoms with Gasteiger partial charge in [0, 0.05) is 72.5 Å². The van der Waals surface area contributed by atoms with E-state index in [0.717, 1.165) is 123 Å². The minimum absolute atomic E-state index is 0.0249. The summed E-state index contributed by atoms with van der Waals surface area (Å²) < 4.78 is 13.6. The number of furan rings is 2. The molecule has 1 atom stereocenters. The normalized spacial score (nSPS) is 13.7. The second-order valence-corrected chi connectivity index (χ2v) is 17.3. The van der Waals surface area contributed by atoms with Gasteiger partial charge in [0.25, 0.3) is 0 Å². The molecule has 0 fully saturated rings. The van der Waals surface area contributed by atoms with Crippen LogP contribution in [0.3, 0.4) is 0 Å². The Morgan fingerprint density at radius 3 is 1.37 bits per heavy atom. The molecule has 6 heteroatoms. The van der Waals surface area contributed by atoms with Crippen molar-refractivity contribution in [1.82, 2.24) is 19.9 Å². The first-order valence-electron chi connectivity index (χ1n) is 23.0. The van der Waals surface area contributed by atoms with E-state index in [1.54, 1.807) is 0 Å². The molecule has 0 bridgehead atoms. The smallest absolute Gasteiger partial charge is 0.160 e. The third-order valence-corrected chi connectivity index (χ3v) is 13.1. The van der Waals surface area contributed by atoms with Crippen molar-refractivity contribution >= 4 is 49.5 Å². The van der Waals surface area contributed by atoms with E-state index in [0.29, 0.717) is 5.82 Å². The number of aromatic nitrogens is 4. The molecular formula is C62H40N4O2. The molecule has 0 spiro atoms. The molecule has 12 aromatic rings. The van der Waals surface area contributed by atoms with Crippen molar-refractivity contribution in [2.75, 3.05) is 0 Å². The van der Waals surface area contributed by atoms with Crippen molar-refractivity contribution in [3.05, 3.63) is 236 Å². The molecule has 0 saturated heterocycles. The van der Waals surface area contributed by atoms with Gasteiger partial charge >= 0.3 is 0 Å². The molecule has 320 valence electrons. The first-order valence-corrected chi connectivity index (χ1v) is 23.0. The lowest BCUT2D eigenvalue weighted by atomic mass is 9.88. The van der Waals surface area contributed by atoms with E-state index in [2.05, 4.69) is 176 Å². The second kappa shape index (κ2) is 16.5. The van der Waals surface area contributed by atoms with Crippen LogP contribution in [0.15, 0.2) is 233 Å². The molecule has 0 saturated carbocycles. The van der Waals surface area contributed by atoms with Gasteiger partial charge in [-0.05, 0) is 41.8 Å². The van der Waals surface area contributed by atoms with E-state index >= 15 is 0 Å². The maximum atomic E-state index is 6.83. The molecule has 13 rings (SSSR count). The fourth-order valence-corrected chi connectivity index (χ4v) is 9.69. The Labute approximate surface area is 392 Å². The highest BCUT2D eigenvalue weighted by atomic mass is 16.3. The van der Waals surface area contributed by atoms with Crippen LogP contribution in [0.5, 0.6) is 0 Å². The quantitative estimate of drug-likeness (QED) is 0.151. The van der Waals surface area contributed by atoms with Crippen LogP contribution in [0.1, 0.15) is 23.7 Å². The van der Waals surface area contributed by atoms with Gasteiger partial charge in [-0.1, -0.05) is 194 Å². The summed E-state index contributed by atoms with van der Waals surface area (Å²) in [6.45, 7) is 0. The minimum Gasteiger partial charge on any atom is -0.455 e. The molecule has 1 aliphatic rings. The SMILES string of the molecule is C1=CC(c2nc(-c3ccccc3)cc(-c3ccccc3)n2)CC(c2cccc3c2oc2cc4oc5c(-c6cccc(-c7nc(-c8ccccc8)cc(-c8ccccc8)n7)c6)cccc5c4cc23)=C1. The molecule has 1 aliphatic carbocycles. The van der Waals surface area contributed by atoms with Gasteiger partial charge < -0.3 is 8.83 Å². The number of fused-ring (bicyclic) bond motifs is 6. The highest BCUT2D eigenvalue weighted by Gasteiger charge is 2.24. The maximum absolute atomic E-state index is 6.83. The van der Waals surface area contributed by atoms with Crippen molar-refractivity contribution in [1.29, 1.82) is 0 Å². The number of benzene rings is 8. The summed E-state index contributed by atoms with van der Waals surface area (Å²) in [5.74, 6) is 1.43. The summed E-state index contributed by atoms with van der Waals surface area (Å²) in [4.78, 5) is 20.5. The van der Waals surface area contributed by atoms with Gasteiger partial charge in [0.2, 0.25) is 0 Å². The van der Waals surface area contributed by atoms with Crippen LogP contribution in [0.2, 0.25) is 0 Å². The van der Waals surface area contributed by atoms with Gasteiger partial charge in [-0.3, -0.25) is 0 Å². The lowest BCUT2D eigenvalue weighted by molar-refractivity contribution is 0.655. The fraction of sp³-hybridized carbons (Fsp3) is 0.0323. The lowest BCUT2D eigenvalue weighted by Crippen LogP contribution is -2.07. The zero-order valence-corrected chi connectivity index (χ0v) is 36.8. The Morgan fingerprint density at radius 1 is 0.368 bits per heavy atom. The average Bonchev–Trinajstić information content (AvgIpc) is 3.98. The molecule has 0 radical (unpaired) electrons.